The Kier molecular flexibility index (Phi) is 3.91. The Bertz CT molecular complexity index is 332. The first-order valence-electron chi connectivity index (χ1n) is 4.77. The first-order chi connectivity index (χ1) is 7.15. The molecular weight excluding hydrogens is 196 g/mol. The molecule has 0 bridgehead atoms. The molecule has 82 valence electrons. The van der Waals surface area contributed by atoms with E-state index in [9.17, 15) is 9.59 Å². The maximum Gasteiger partial charge on any atom is 0.287 e. The van der Waals surface area contributed by atoms with Crippen molar-refractivity contribution in [2.75, 3.05) is 6.54 Å². The van der Waals surface area contributed by atoms with Gasteiger partial charge in [0, 0.05) is 6.54 Å². The van der Waals surface area contributed by atoms with Gasteiger partial charge in [-0.05, 0) is 26.0 Å². The Morgan fingerprint density at radius 2 is 2.27 bits per heavy atom. The van der Waals surface area contributed by atoms with Crippen LogP contribution in [0.5, 0.6) is 0 Å². The molecule has 15 heavy (non-hydrogen) atoms. The van der Waals surface area contributed by atoms with E-state index in [2.05, 4.69) is 10.6 Å². The molecule has 0 aromatic carbocycles. The zero-order valence-corrected chi connectivity index (χ0v) is 8.74. The van der Waals surface area contributed by atoms with Gasteiger partial charge in [0.1, 0.15) is 6.04 Å². The number of hydrogen-bond donors (Lipinski definition) is 2. The highest BCUT2D eigenvalue weighted by Gasteiger charge is 2.16. The van der Waals surface area contributed by atoms with Crippen LogP contribution in [-0.2, 0) is 4.79 Å². The fourth-order valence-corrected chi connectivity index (χ4v) is 1.07. The van der Waals surface area contributed by atoms with Gasteiger partial charge < -0.3 is 15.1 Å². The van der Waals surface area contributed by atoms with Crippen molar-refractivity contribution < 1.29 is 14.0 Å². The molecule has 1 unspecified atom stereocenters. The van der Waals surface area contributed by atoms with Crippen molar-refractivity contribution in [1.82, 2.24) is 10.6 Å². The summed E-state index contributed by atoms with van der Waals surface area (Å²) in [5.41, 5.74) is 0. The van der Waals surface area contributed by atoms with Gasteiger partial charge in [-0.2, -0.15) is 0 Å². The molecule has 2 N–H and O–H groups in total. The van der Waals surface area contributed by atoms with Crippen LogP contribution in [0.25, 0.3) is 0 Å². The molecule has 0 radical (unpaired) electrons. The number of furan rings is 1. The Hall–Kier alpha value is -1.78. The van der Waals surface area contributed by atoms with Crippen LogP contribution in [0.3, 0.4) is 0 Å². The second-order valence-corrected chi connectivity index (χ2v) is 3.07. The van der Waals surface area contributed by atoms with Crippen molar-refractivity contribution >= 4 is 11.8 Å². The van der Waals surface area contributed by atoms with Crippen molar-refractivity contribution in [1.29, 1.82) is 0 Å². The van der Waals surface area contributed by atoms with Gasteiger partial charge >= 0.3 is 0 Å². The predicted octanol–water partition coefficient (Wildman–Crippen LogP) is 0.534. The van der Waals surface area contributed by atoms with Crippen LogP contribution < -0.4 is 10.6 Å². The Labute approximate surface area is 87.8 Å². The average molecular weight is 210 g/mol. The van der Waals surface area contributed by atoms with E-state index in [1.807, 2.05) is 6.92 Å². The van der Waals surface area contributed by atoms with Crippen LogP contribution in [0, 0.1) is 0 Å². The molecule has 5 heteroatoms. The summed E-state index contributed by atoms with van der Waals surface area (Å²) in [6.45, 7) is 3.98. The van der Waals surface area contributed by atoms with Crippen LogP contribution >= 0.6 is 0 Å². The Morgan fingerprint density at radius 1 is 1.53 bits per heavy atom. The van der Waals surface area contributed by atoms with E-state index in [-0.39, 0.29) is 11.7 Å². The second-order valence-electron chi connectivity index (χ2n) is 3.07. The SMILES string of the molecule is CCNC(=O)C(C)NC(=O)c1ccco1. The van der Waals surface area contributed by atoms with Crippen LogP contribution in [0.2, 0.25) is 0 Å². The van der Waals surface area contributed by atoms with E-state index in [0.717, 1.165) is 0 Å². The average Bonchev–Trinajstić information content (AvgIpc) is 2.70. The summed E-state index contributed by atoms with van der Waals surface area (Å²) in [7, 11) is 0. The maximum absolute atomic E-state index is 11.4. The van der Waals surface area contributed by atoms with E-state index in [1.54, 1.807) is 19.1 Å². The van der Waals surface area contributed by atoms with Crippen molar-refractivity contribution in [3.63, 3.8) is 0 Å². The quantitative estimate of drug-likeness (QED) is 0.761. The molecule has 0 aliphatic rings. The lowest BCUT2D eigenvalue weighted by molar-refractivity contribution is -0.122. The minimum atomic E-state index is -0.567. The zero-order valence-electron chi connectivity index (χ0n) is 8.74. The van der Waals surface area contributed by atoms with E-state index in [1.165, 1.54) is 6.26 Å². The molecular formula is C10H14N2O3. The standard InChI is InChI=1S/C10H14N2O3/c1-3-11-9(13)7(2)12-10(14)8-5-4-6-15-8/h4-7H,3H2,1-2H3,(H,11,13)(H,12,14). The minimum Gasteiger partial charge on any atom is -0.459 e. The molecule has 0 fully saturated rings. The van der Waals surface area contributed by atoms with Crippen molar-refractivity contribution in [2.45, 2.75) is 19.9 Å². The fraction of sp³-hybridized carbons (Fsp3) is 0.400. The zero-order chi connectivity index (χ0) is 11.3. The normalized spacial score (nSPS) is 11.9. The van der Waals surface area contributed by atoms with Gasteiger partial charge in [-0.25, -0.2) is 0 Å². The van der Waals surface area contributed by atoms with Gasteiger partial charge in [-0.15, -0.1) is 0 Å². The highest BCUT2D eigenvalue weighted by Crippen LogP contribution is 1.99. The topological polar surface area (TPSA) is 71.3 Å². The van der Waals surface area contributed by atoms with Crippen molar-refractivity contribution in [2.24, 2.45) is 0 Å². The molecule has 1 aromatic heterocycles. The monoisotopic (exact) mass is 210 g/mol. The summed E-state index contributed by atoms with van der Waals surface area (Å²) in [5.74, 6) is -0.401. The van der Waals surface area contributed by atoms with Crippen LogP contribution in [0.15, 0.2) is 22.8 Å². The molecule has 1 aromatic rings. The lowest BCUT2D eigenvalue weighted by Crippen LogP contribution is -2.44. The van der Waals surface area contributed by atoms with Gasteiger partial charge in [0.25, 0.3) is 5.91 Å². The van der Waals surface area contributed by atoms with Gasteiger partial charge in [-0.3, -0.25) is 9.59 Å². The number of carbonyl (C=O) groups is 2. The van der Waals surface area contributed by atoms with Gasteiger partial charge in [0.05, 0.1) is 6.26 Å². The van der Waals surface area contributed by atoms with Crippen molar-refractivity contribution in [3.05, 3.63) is 24.2 Å². The summed E-state index contributed by atoms with van der Waals surface area (Å²) in [6.07, 6.45) is 1.41. The summed E-state index contributed by atoms with van der Waals surface area (Å²) in [5, 5.41) is 5.13. The predicted molar refractivity (Wildman–Crippen MR) is 54.3 cm³/mol. The molecule has 0 spiro atoms. The summed E-state index contributed by atoms with van der Waals surface area (Å²) in [6, 6.07) is 2.59. The first kappa shape index (κ1) is 11.3. The summed E-state index contributed by atoms with van der Waals surface area (Å²) < 4.78 is 4.89. The number of rotatable bonds is 4. The summed E-state index contributed by atoms with van der Waals surface area (Å²) >= 11 is 0. The highest BCUT2D eigenvalue weighted by molar-refractivity contribution is 5.95. The van der Waals surface area contributed by atoms with E-state index in [4.69, 9.17) is 4.42 Å². The molecule has 0 aliphatic carbocycles. The van der Waals surface area contributed by atoms with E-state index < -0.39 is 11.9 Å². The number of likely N-dealkylation sites (N-methyl/N-ethyl adjacent to an activating group) is 1. The third kappa shape index (κ3) is 3.12. The Balaban J connectivity index is 2.48. The molecule has 1 heterocycles. The van der Waals surface area contributed by atoms with E-state index in [0.29, 0.717) is 6.54 Å². The molecule has 1 atom stereocenters. The lowest BCUT2D eigenvalue weighted by atomic mass is 10.3. The third-order valence-corrected chi connectivity index (χ3v) is 1.84. The molecule has 0 saturated heterocycles. The number of carbonyl (C=O) groups excluding carboxylic acids is 2. The van der Waals surface area contributed by atoms with Gasteiger partial charge in [0.2, 0.25) is 5.91 Å². The lowest BCUT2D eigenvalue weighted by Gasteiger charge is -2.11. The minimum absolute atomic E-state index is 0.200. The molecule has 2 amide bonds. The molecule has 0 saturated carbocycles. The summed E-state index contributed by atoms with van der Waals surface area (Å²) in [4.78, 5) is 22.7. The third-order valence-electron chi connectivity index (χ3n) is 1.84. The highest BCUT2D eigenvalue weighted by atomic mass is 16.3. The Morgan fingerprint density at radius 3 is 2.80 bits per heavy atom. The van der Waals surface area contributed by atoms with Crippen LogP contribution in [0.1, 0.15) is 24.4 Å². The van der Waals surface area contributed by atoms with Gasteiger partial charge in [0.15, 0.2) is 5.76 Å². The largest absolute Gasteiger partial charge is 0.459 e. The molecule has 1 rings (SSSR count). The first-order valence-corrected chi connectivity index (χ1v) is 4.77. The smallest absolute Gasteiger partial charge is 0.287 e. The molecule has 0 aliphatic heterocycles. The van der Waals surface area contributed by atoms with Crippen LogP contribution in [0.4, 0.5) is 0 Å². The molecule has 5 nitrogen and oxygen atoms in total. The van der Waals surface area contributed by atoms with E-state index >= 15 is 0 Å². The van der Waals surface area contributed by atoms with Crippen molar-refractivity contribution in [3.8, 4) is 0 Å². The number of amides is 2. The maximum atomic E-state index is 11.4. The van der Waals surface area contributed by atoms with Gasteiger partial charge in [-0.1, -0.05) is 0 Å². The van der Waals surface area contributed by atoms with Crippen LogP contribution in [-0.4, -0.2) is 24.4 Å². The number of hydrogen-bond acceptors (Lipinski definition) is 3. The second kappa shape index (κ2) is 5.19. The fourth-order valence-electron chi connectivity index (χ4n) is 1.07. The number of nitrogens with one attached hydrogen (secondary N) is 2.